The van der Waals surface area contributed by atoms with Gasteiger partial charge in [-0.2, -0.15) is 0 Å². The number of hydrogen-bond donors (Lipinski definition) is 1. The molecule has 1 rings (SSSR count). The molecule has 0 bridgehead atoms. The molecule has 0 amide bonds. The average Bonchev–Trinajstić information content (AvgIpc) is 1.88. The summed E-state index contributed by atoms with van der Waals surface area (Å²) >= 11 is 0. The Kier molecular flexibility index (Phi) is 1.76. The largest absolute Gasteiger partial charge is 0.397 e. The van der Waals surface area contributed by atoms with Crippen molar-refractivity contribution in [3.63, 3.8) is 0 Å². The number of hydrogen-bond acceptors (Lipinski definition) is 2. The summed E-state index contributed by atoms with van der Waals surface area (Å²) in [6, 6.07) is 1.66. The molecule has 2 nitrogen and oxygen atoms in total. The van der Waals surface area contributed by atoms with E-state index < -0.39 is 0 Å². The molecule has 1 aromatic heterocycles. The molecule has 48 valence electrons. The van der Waals surface area contributed by atoms with Crippen molar-refractivity contribution in [2.24, 2.45) is 0 Å². The lowest BCUT2D eigenvalue weighted by Crippen LogP contribution is -2.06. The number of pyridine rings is 1. The van der Waals surface area contributed by atoms with Crippen LogP contribution in [0, 0.1) is 0 Å². The highest BCUT2D eigenvalue weighted by atomic mass is 14.7. The van der Waals surface area contributed by atoms with Gasteiger partial charge < -0.3 is 5.73 Å². The van der Waals surface area contributed by atoms with Gasteiger partial charge in [0.25, 0.3) is 0 Å². The van der Waals surface area contributed by atoms with Crippen LogP contribution in [0.5, 0.6) is 0 Å². The summed E-state index contributed by atoms with van der Waals surface area (Å²) in [6.45, 7) is 3.54. The van der Waals surface area contributed by atoms with Crippen molar-refractivity contribution < 1.29 is 0 Å². The Morgan fingerprint density at radius 1 is 1.70 bits per heavy atom. The quantitative estimate of drug-likeness (QED) is 0.547. The van der Waals surface area contributed by atoms with Gasteiger partial charge in [0.05, 0.1) is 11.4 Å². The van der Waals surface area contributed by atoms with Crippen molar-refractivity contribution in [3.05, 3.63) is 24.5 Å². The maximum Gasteiger partial charge on any atom is 0.116 e. The van der Waals surface area contributed by atoms with Gasteiger partial charge in [-0.15, -0.1) is 0 Å². The van der Waals surface area contributed by atoms with Crippen LogP contribution in [0.2, 0.25) is 0 Å². The van der Waals surface area contributed by atoms with Crippen molar-refractivity contribution in [3.8, 4) is 0 Å². The van der Waals surface area contributed by atoms with Crippen LogP contribution in [0.15, 0.2) is 18.8 Å². The van der Waals surface area contributed by atoms with E-state index in [-0.39, 0.29) is 0 Å². The summed E-state index contributed by atoms with van der Waals surface area (Å²) in [5, 5.41) is 0. The highest BCUT2D eigenvalue weighted by Gasteiger charge is 1.93. The molecule has 1 aromatic rings. The summed E-state index contributed by atoms with van der Waals surface area (Å²) < 4.78 is 0. The van der Waals surface area contributed by atoms with Gasteiger partial charge in [0.1, 0.15) is 7.85 Å². The van der Waals surface area contributed by atoms with E-state index in [1.54, 1.807) is 18.3 Å². The zero-order valence-corrected chi connectivity index (χ0v) is 5.54. The Morgan fingerprint density at radius 2 is 2.40 bits per heavy atom. The second-order valence-corrected chi connectivity index (χ2v) is 1.95. The summed E-state index contributed by atoms with van der Waals surface area (Å²) in [5.41, 5.74) is 7.33. The predicted octanol–water partition coefficient (Wildman–Crippen LogP) is 0.101. The number of nitrogens with zero attached hydrogens (tertiary/aromatic N) is 1. The number of aromatic nitrogens is 1. The molecular weight excluding hydrogens is 123 g/mol. The Morgan fingerprint density at radius 3 is 2.90 bits per heavy atom. The van der Waals surface area contributed by atoms with Crippen LogP contribution in [-0.4, -0.2) is 12.8 Å². The van der Waals surface area contributed by atoms with E-state index in [0.29, 0.717) is 16.8 Å². The first kappa shape index (κ1) is 6.87. The van der Waals surface area contributed by atoms with Gasteiger partial charge >= 0.3 is 0 Å². The minimum atomic E-state index is 0.565. The molecule has 2 radical (unpaired) electrons. The Labute approximate surface area is 61.2 Å². The number of nitrogen functional groups attached to an aromatic ring is 1. The van der Waals surface area contributed by atoms with E-state index >= 15 is 0 Å². The molecular formula is C7H7BN2. The predicted molar refractivity (Wildman–Crippen MR) is 44.1 cm³/mol. The van der Waals surface area contributed by atoms with Crippen LogP contribution in [0.3, 0.4) is 0 Å². The van der Waals surface area contributed by atoms with Crippen LogP contribution < -0.4 is 11.2 Å². The van der Waals surface area contributed by atoms with Crippen molar-refractivity contribution in [2.45, 2.75) is 0 Å². The molecule has 10 heavy (non-hydrogen) atoms. The highest BCUT2D eigenvalue weighted by Crippen LogP contribution is 2.05. The summed E-state index contributed by atoms with van der Waals surface area (Å²) in [7, 11) is 5.41. The standard InChI is InChI=1S/C7H7BN2/c1-2-7-6(9)3-5(8)4-10-7/h2-4H,1,9H2. The van der Waals surface area contributed by atoms with Gasteiger partial charge in [-0.1, -0.05) is 12.0 Å². The number of nitrogens with two attached hydrogens (primary N) is 1. The fourth-order valence-electron chi connectivity index (χ4n) is 0.680. The number of anilines is 1. The van der Waals surface area contributed by atoms with E-state index in [0.717, 1.165) is 0 Å². The van der Waals surface area contributed by atoms with E-state index in [1.807, 2.05) is 0 Å². The minimum absolute atomic E-state index is 0.565. The molecule has 0 aliphatic rings. The maximum atomic E-state index is 5.52. The SMILES string of the molecule is [B]c1cnc(C=C)c(N)c1. The lowest BCUT2D eigenvalue weighted by molar-refractivity contribution is 1.32. The second kappa shape index (κ2) is 2.56. The van der Waals surface area contributed by atoms with Crippen molar-refractivity contribution in [1.29, 1.82) is 0 Å². The molecule has 0 aliphatic carbocycles. The van der Waals surface area contributed by atoms with E-state index in [2.05, 4.69) is 11.6 Å². The average molecular weight is 130 g/mol. The van der Waals surface area contributed by atoms with Gasteiger partial charge in [0.2, 0.25) is 0 Å². The smallest absolute Gasteiger partial charge is 0.116 e. The summed E-state index contributed by atoms with van der Waals surface area (Å²) in [4.78, 5) is 3.93. The molecule has 0 saturated carbocycles. The molecule has 0 unspecified atom stereocenters. The lowest BCUT2D eigenvalue weighted by atomic mass is 9.98. The first-order valence-corrected chi connectivity index (χ1v) is 2.87. The molecule has 0 fully saturated rings. The van der Waals surface area contributed by atoms with Crippen LogP contribution in [0.1, 0.15) is 5.69 Å². The fourth-order valence-corrected chi connectivity index (χ4v) is 0.680. The third kappa shape index (κ3) is 1.18. The van der Waals surface area contributed by atoms with E-state index in [1.165, 1.54) is 0 Å². The molecule has 3 heteroatoms. The van der Waals surface area contributed by atoms with Gasteiger partial charge in [0.15, 0.2) is 0 Å². The molecule has 0 spiro atoms. The van der Waals surface area contributed by atoms with E-state index in [4.69, 9.17) is 13.6 Å². The van der Waals surface area contributed by atoms with Crippen LogP contribution >= 0.6 is 0 Å². The Hall–Kier alpha value is -1.25. The van der Waals surface area contributed by atoms with Gasteiger partial charge in [-0.05, 0) is 12.1 Å². The van der Waals surface area contributed by atoms with Gasteiger partial charge in [-0.3, -0.25) is 4.98 Å². The maximum absolute atomic E-state index is 5.52. The van der Waals surface area contributed by atoms with E-state index in [9.17, 15) is 0 Å². The molecule has 0 saturated heterocycles. The monoisotopic (exact) mass is 130 g/mol. The fraction of sp³-hybridized carbons (Fsp3) is 0. The number of rotatable bonds is 1. The molecule has 0 aliphatic heterocycles. The van der Waals surface area contributed by atoms with Gasteiger partial charge in [0, 0.05) is 6.20 Å². The highest BCUT2D eigenvalue weighted by molar-refractivity contribution is 6.32. The van der Waals surface area contributed by atoms with Gasteiger partial charge in [-0.25, -0.2) is 0 Å². The first-order chi connectivity index (χ1) is 4.74. The third-order valence-electron chi connectivity index (χ3n) is 1.16. The van der Waals surface area contributed by atoms with Crippen molar-refractivity contribution in [2.75, 3.05) is 5.73 Å². The second-order valence-electron chi connectivity index (χ2n) is 1.95. The molecule has 1 heterocycles. The van der Waals surface area contributed by atoms with Crippen LogP contribution in [-0.2, 0) is 0 Å². The lowest BCUT2D eigenvalue weighted by Gasteiger charge is -1.98. The Balaban J connectivity index is 3.19. The zero-order valence-electron chi connectivity index (χ0n) is 5.54. The summed E-state index contributed by atoms with van der Waals surface area (Å²) in [5.74, 6) is 0. The normalized spacial score (nSPS) is 9.20. The Bertz CT molecular complexity index is 258. The van der Waals surface area contributed by atoms with Crippen LogP contribution in [0.25, 0.3) is 6.08 Å². The van der Waals surface area contributed by atoms with Crippen LogP contribution in [0.4, 0.5) is 5.69 Å². The minimum Gasteiger partial charge on any atom is -0.397 e. The molecule has 0 aromatic carbocycles. The first-order valence-electron chi connectivity index (χ1n) is 2.87. The van der Waals surface area contributed by atoms with Crippen molar-refractivity contribution >= 4 is 25.1 Å². The summed E-state index contributed by atoms with van der Waals surface area (Å²) in [6.07, 6.45) is 3.14. The zero-order chi connectivity index (χ0) is 7.56. The van der Waals surface area contributed by atoms with Crippen molar-refractivity contribution in [1.82, 2.24) is 4.98 Å². The third-order valence-corrected chi connectivity index (χ3v) is 1.16. The topological polar surface area (TPSA) is 38.9 Å². The molecule has 0 atom stereocenters. The molecule has 2 N–H and O–H groups in total.